The average Bonchev–Trinajstić information content (AvgIpc) is 2.42. The molecular weight excluding hydrogens is 275 g/mol. The summed E-state index contributed by atoms with van der Waals surface area (Å²) in [6.45, 7) is -0.0331. The van der Waals surface area contributed by atoms with E-state index in [0.717, 1.165) is 7.11 Å². The van der Waals surface area contributed by atoms with Crippen molar-refractivity contribution in [3.8, 4) is 0 Å². The van der Waals surface area contributed by atoms with E-state index < -0.39 is 35.3 Å². The van der Waals surface area contributed by atoms with Crippen LogP contribution in [0.2, 0.25) is 0 Å². The molecule has 0 unspecified atom stereocenters. The lowest BCUT2D eigenvalue weighted by Crippen LogP contribution is -2.43. The molecule has 20 heavy (non-hydrogen) atoms. The number of hydrogen-bond donors (Lipinski definition) is 1. The molecule has 0 aromatic heterocycles. The molecule has 0 aliphatic carbocycles. The monoisotopic (exact) mass is 287 g/mol. The fourth-order valence-corrected chi connectivity index (χ4v) is 2.33. The summed E-state index contributed by atoms with van der Waals surface area (Å²) in [6.07, 6.45) is -0.193. The number of esters is 1. The van der Waals surface area contributed by atoms with Crippen molar-refractivity contribution in [1.82, 2.24) is 5.32 Å². The third-order valence-electron chi connectivity index (χ3n) is 3.35. The Kier molecular flexibility index (Phi) is 3.96. The van der Waals surface area contributed by atoms with Gasteiger partial charge in [-0.25, -0.2) is 13.2 Å². The number of benzene rings is 1. The molecule has 1 saturated heterocycles. The van der Waals surface area contributed by atoms with Crippen molar-refractivity contribution in [2.75, 3.05) is 13.7 Å². The Hall–Kier alpha value is -2.05. The topological polar surface area (TPSA) is 55.4 Å². The number of methoxy groups -OCH3 is 1. The molecule has 7 heteroatoms. The number of carbonyl (C=O) groups is 2. The maximum atomic E-state index is 13.8. The van der Waals surface area contributed by atoms with Gasteiger partial charge in [-0.1, -0.05) is 0 Å². The Morgan fingerprint density at radius 1 is 1.25 bits per heavy atom. The van der Waals surface area contributed by atoms with E-state index in [4.69, 9.17) is 0 Å². The minimum atomic E-state index is -1.32. The zero-order chi connectivity index (χ0) is 14.9. The first kappa shape index (κ1) is 14.4. The van der Waals surface area contributed by atoms with Crippen LogP contribution in [-0.2, 0) is 14.3 Å². The summed E-state index contributed by atoms with van der Waals surface area (Å²) in [5.74, 6) is -6.28. The molecule has 0 saturated carbocycles. The molecule has 108 valence electrons. The maximum absolute atomic E-state index is 13.8. The van der Waals surface area contributed by atoms with E-state index in [-0.39, 0.29) is 24.4 Å². The summed E-state index contributed by atoms with van der Waals surface area (Å²) in [5.41, 5.74) is -0.200. The molecule has 1 N–H and O–H groups in total. The summed E-state index contributed by atoms with van der Waals surface area (Å²) in [4.78, 5) is 23.1. The fraction of sp³-hybridized carbons (Fsp3) is 0.385. The Labute approximate surface area is 112 Å². The van der Waals surface area contributed by atoms with Crippen LogP contribution in [0.15, 0.2) is 12.1 Å². The van der Waals surface area contributed by atoms with Gasteiger partial charge in [0.25, 0.3) is 0 Å². The van der Waals surface area contributed by atoms with E-state index in [0.29, 0.717) is 12.1 Å². The molecule has 1 fully saturated rings. The van der Waals surface area contributed by atoms with Crippen LogP contribution in [0.3, 0.4) is 0 Å². The van der Waals surface area contributed by atoms with Gasteiger partial charge >= 0.3 is 5.97 Å². The number of ether oxygens (including phenoxy) is 1. The molecule has 0 radical (unpaired) electrons. The predicted molar refractivity (Wildman–Crippen MR) is 62.2 cm³/mol. The minimum Gasteiger partial charge on any atom is -0.469 e. The largest absolute Gasteiger partial charge is 0.469 e. The number of halogens is 3. The van der Waals surface area contributed by atoms with E-state index in [9.17, 15) is 22.8 Å². The van der Waals surface area contributed by atoms with Gasteiger partial charge in [0.1, 0.15) is 5.82 Å². The second-order valence-corrected chi connectivity index (χ2v) is 4.53. The van der Waals surface area contributed by atoms with E-state index in [1.807, 2.05) is 0 Å². The second kappa shape index (κ2) is 5.52. The lowest BCUT2D eigenvalue weighted by atomic mass is 9.80. The van der Waals surface area contributed by atoms with Crippen LogP contribution < -0.4 is 5.32 Å². The van der Waals surface area contributed by atoms with E-state index in [2.05, 4.69) is 10.1 Å². The highest BCUT2D eigenvalue weighted by molar-refractivity contribution is 5.83. The van der Waals surface area contributed by atoms with Crippen molar-refractivity contribution in [2.24, 2.45) is 5.92 Å². The average molecular weight is 287 g/mol. The molecule has 0 bridgehead atoms. The first-order valence-electron chi connectivity index (χ1n) is 5.93. The summed E-state index contributed by atoms with van der Waals surface area (Å²) in [7, 11) is 1.16. The molecule has 0 spiro atoms. The van der Waals surface area contributed by atoms with E-state index in [1.165, 1.54) is 0 Å². The molecule has 1 aromatic carbocycles. The zero-order valence-electron chi connectivity index (χ0n) is 10.6. The van der Waals surface area contributed by atoms with Gasteiger partial charge in [0, 0.05) is 24.9 Å². The predicted octanol–water partition coefficient (Wildman–Crippen LogP) is 1.50. The molecule has 1 heterocycles. The number of nitrogens with one attached hydrogen (secondary N) is 1. The standard InChI is InChI=1S/C13H12F3NO3/c1-20-13(19)8-5-17-12(18)3-6(8)7-2-10(15)11(16)4-9(7)14/h2,4,6,8H,3,5H2,1H3,(H,17,18)/t6-,8+/m0/s1. The summed E-state index contributed by atoms with van der Waals surface area (Å²) in [5, 5.41) is 2.46. The maximum Gasteiger partial charge on any atom is 0.311 e. The van der Waals surface area contributed by atoms with Crippen molar-refractivity contribution >= 4 is 11.9 Å². The molecule has 1 aliphatic rings. The van der Waals surface area contributed by atoms with Crippen LogP contribution in [0, 0.1) is 23.4 Å². The lowest BCUT2D eigenvalue weighted by molar-refractivity contribution is -0.147. The van der Waals surface area contributed by atoms with Gasteiger partial charge in [-0.05, 0) is 11.6 Å². The fourth-order valence-electron chi connectivity index (χ4n) is 2.33. The van der Waals surface area contributed by atoms with Crippen LogP contribution in [0.4, 0.5) is 13.2 Å². The first-order chi connectivity index (χ1) is 9.43. The van der Waals surface area contributed by atoms with Gasteiger partial charge in [0.05, 0.1) is 13.0 Å². The van der Waals surface area contributed by atoms with Crippen LogP contribution >= 0.6 is 0 Å². The number of piperidine rings is 1. The second-order valence-electron chi connectivity index (χ2n) is 4.53. The Morgan fingerprint density at radius 2 is 1.90 bits per heavy atom. The Morgan fingerprint density at radius 3 is 2.55 bits per heavy atom. The summed E-state index contributed by atoms with van der Waals surface area (Å²) >= 11 is 0. The van der Waals surface area contributed by atoms with Gasteiger partial charge in [0.15, 0.2) is 11.6 Å². The van der Waals surface area contributed by atoms with Crippen LogP contribution in [-0.4, -0.2) is 25.5 Å². The highest BCUT2D eigenvalue weighted by Crippen LogP contribution is 2.34. The van der Waals surface area contributed by atoms with Crippen molar-refractivity contribution in [1.29, 1.82) is 0 Å². The normalized spacial score (nSPS) is 22.3. The molecular formula is C13H12F3NO3. The third-order valence-corrected chi connectivity index (χ3v) is 3.35. The van der Waals surface area contributed by atoms with Crippen LogP contribution in [0.5, 0.6) is 0 Å². The smallest absolute Gasteiger partial charge is 0.311 e. The number of rotatable bonds is 2. The quantitative estimate of drug-likeness (QED) is 0.662. The SMILES string of the molecule is COC(=O)[C@@H]1CNC(=O)C[C@H]1c1cc(F)c(F)cc1F. The molecule has 1 aromatic rings. The molecule has 1 aliphatic heterocycles. The highest BCUT2D eigenvalue weighted by Gasteiger charge is 2.37. The van der Waals surface area contributed by atoms with Crippen molar-refractivity contribution in [2.45, 2.75) is 12.3 Å². The van der Waals surface area contributed by atoms with Crippen LogP contribution in [0.25, 0.3) is 0 Å². The van der Waals surface area contributed by atoms with Gasteiger partial charge in [-0.15, -0.1) is 0 Å². The minimum absolute atomic E-state index is 0.0331. The highest BCUT2D eigenvalue weighted by atomic mass is 19.2. The number of carbonyl (C=O) groups excluding carboxylic acids is 2. The molecule has 2 rings (SSSR count). The molecule has 1 amide bonds. The lowest BCUT2D eigenvalue weighted by Gasteiger charge is -2.30. The van der Waals surface area contributed by atoms with Gasteiger partial charge in [-0.3, -0.25) is 9.59 Å². The Bertz CT molecular complexity index is 562. The van der Waals surface area contributed by atoms with Gasteiger partial charge < -0.3 is 10.1 Å². The van der Waals surface area contributed by atoms with Crippen molar-refractivity contribution < 1.29 is 27.5 Å². The van der Waals surface area contributed by atoms with Crippen molar-refractivity contribution in [3.05, 3.63) is 35.1 Å². The zero-order valence-corrected chi connectivity index (χ0v) is 10.6. The first-order valence-corrected chi connectivity index (χ1v) is 5.93. The summed E-state index contributed by atoms with van der Waals surface area (Å²) in [6, 6.07) is 1.09. The van der Waals surface area contributed by atoms with E-state index >= 15 is 0 Å². The number of amides is 1. The Balaban J connectivity index is 2.43. The van der Waals surface area contributed by atoms with Gasteiger partial charge in [-0.2, -0.15) is 0 Å². The summed E-state index contributed by atoms with van der Waals surface area (Å²) < 4.78 is 44.6. The van der Waals surface area contributed by atoms with Crippen LogP contribution in [0.1, 0.15) is 17.9 Å². The van der Waals surface area contributed by atoms with Gasteiger partial charge in [0.2, 0.25) is 5.91 Å². The van der Waals surface area contributed by atoms with Crippen molar-refractivity contribution in [3.63, 3.8) is 0 Å². The molecule has 4 nitrogen and oxygen atoms in total. The number of hydrogen-bond acceptors (Lipinski definition) is 3. The third kappa shape index (κ3) is 2.61. The molecule has 2 atom stereocenters. The van der Waals surface area contributed by atoms with E-state index in [1.54, 1.807) is 0 Å².